The Morgan fingerprint density at radius 1 is 1.35 bits per heavy atom. The topological polar surface area (TPSA) is 67.4 Å². The van der Waals surface area contributed by atoms with Gasteiger partial charge in [0.05, 0.1) is 17.9 Å². The van der Waals surface area contributed by atoms with Crippen LogP contribution in [0.5, 0.6) is 0 Å². The average molecular weight is 318 g/mol. The molecule has 0 saturated carbocycles. The summed E-state index contributed by atoms with van der Waals surface area (Å²) in [6.07, 6.45) is 4.82. The van der Waals surface area contributed by atoms with Crippen LogP contribution in [0.3, 0.4) is 0 Å². The summed E-state index contributed by atoms with van der Waals surface area (Å²) in [6, 6.07) is 0.249. The molecular formula is C17H26N4O2. The Kier molecular flexibility index (Phi) is 5.23. The summed E-state index contributed by atoms with van der Waals surface area (Å²) in [6.45, 7) is 8.73. The fourth-order valence-electron chi connectivity index (χ4n) is 3.42. The van der Waals surface area contributed by atoms with Crippen LogP contribution in [0.25, 0.3) is 0 Å². The first-order valence-electron chi connectivity index (χ1n) is 8.53. The van der Waals surface area contributed by atoms with E-state index < -0.39 is 0 Å². The van der Waals surface area contributed by atoms with Crippen LogP contribution >= 0.6 is 0 Å². The predicted molar refractivity (Wildman–Crippen MR) is 87.4 cm³/mol. The summed E-state index contributed by atoms with van der Waals surface area (Å²) in [5.74, 6) is 1.34. The molecule has 0 spiro atoms. The number of hydrogen-bond acceptors (Lipinski definition) is 5. The molecule has 2 aliphatic heterocycles. The Labute approximate surface area is 137 Å². The SMILES string of the molecule is Cc1ncc(C(=O)NC2CCN(C[C@@H]3CCOC3)CC2)c(C)n1. The molecule has 2 fully saturated rings. The Hall–Kier alpha value is -1.53. The van der Waals surface area contributed by atoms with Crippen LogP contribution in [-0.2, 0) is 4.74 Å². The summed E-state index contributed by atoms with van der Waals surface area (Å²) in [5, 5.41) is 3.14. The highest BCUT2D eigenvalue weighted by Gasteiger charge is 2.25. The normalized spacial score (nSPS) is 23.1. The number of nitrogens with one attached hydrogen (secondary N) is 1. The fraction of sp³-hybridized carbons (Fsp3) is 0.706. The predicted octanol–water partition coefficient (Wildman–Crippen LogP) is 1.32. The third kappa shape index (κ3) is 4.26. The number of piperidine rings is 1. The molecule has 6 heteroatoms. The van der Waals surface area contributed by atoms with Crippen molar-refractivity contribution in [1.29, 1.82) is 0 Å². The lowest BCUT2D eigenvalue weighted by atomic mass is 10.0. The number of likely N-dealkylation sites (tertiary alicyclic amines) is 1. The molecule has 6 nitrogen and oxygen atoms in total. The van der Waals surface area contributed by atoms with E-state index >= 15 is 0 Å². The van der Waals surface area contributed by atoms with E-state index in [4.69, 9.17) is 4.74 Å². The van der Waals surface area contributed by atoms with Crippen molar-refractivity contribution in [3.05, 3.63) is 23.3 Å². The van der Waals surface area contributed by atoms with Gasteiger partial charge in [-0.05, 0) is 39.0 Å². The summed E-state index contributed by atoms with van der Waals surface area (Å²) < 4.78 is 5.45. The van der Waals surface area contributed by atoms with Crippen LogP contribution in [0.15, 0.2) is 6.20 Å². The van der Waals surface area contributed by atoms with Crippen molar-refractivity contribution in [1.82, 2.24) is 20.2 Å². The largest absolute Gasteiger partial charge is 0.381 e. The zero-order chi connectivity index (χ0) is 16.2. The summed E-state index contributed by atoms with van der Waals surface area (Å²) in [5.41, 5.74) is 1.33. The lowest BCUT2D eigenvalue weighted by Gasteiger charge is -2.33. The van der Waals surface area contributed by atoms with Crippen molar-refractivity contribution in [2.24, 2.45) is 5.92 Å². The van der Waals surface area contributed by atoms with Gasteiger partial charge in [-0.3, -0.25) is 4.79 Å². The molecule has 1 aromatic rings. The minimum atomic E-state index is -0.0508. The number of carbonyl (C=O) groups is 1. The molecule has 1 atom stereocenters. The molecule has 1 N–H and O–H groups in total. The zero-order valence-electron chi connectivity index (χ0n) is 14.0. The van der Waals surface area contributed by atoms with Crippen LogP contribution in [0.1, 0.15) is 41.1 Å². The number of amides is 1. The molecule has 1 aromatic heterocycles. The number of aryl methyl sites for hydroxylation is 2. The van der Waals surface area contributed by atoms with E-state index in [0.717, 1.165) is 51.4 Å². The van der Waals surface area contributed by atoms with Crippen LogP contribution in [0.4, 0.5) is 0 Å². The highest BCUT2D eigenvalue weighted by atomic mass is 16.5. The third-order valence-corrected chi connectivity index (χ3v) is 4.81. The lowest BCUT2D eigenvalue weighted by molar-refractivity contribution is 0.0902. The molecule has 0 radical (unpaired) electrons. The van der Waals surface area contributed by atoms with Crippen molar-refractivity contribution in [3.8, 4) is 0 Å². The van der Waals surface area contributed by atoms with Gasteiger partial charge in [-0.2, -0.15) is 0 Å². The first-order valence-corrected chi connectivity index (χ1v) is 8.53. The second kappa shape index (κ2) is 7.36. The molecule has 0 aromatic carbocycles. The summed E-state index contributed by atoms with van der Waals surface area (Å²) in [7, 11) is 0. The van der Waals surface area contributed by atoms with Gasteiger partial charge in [-0.1, -0.05) is 0 Å². The zero-order valence-corrected chi connectivity index (χ0v) is 14.0. The van der Waals surface area contributed by atoms with Gasteiger partial charge in [-0.15, -0.1) is 0 Å². The van der Waals surface area contributed by atoms with Crippen molar-refractivity contribution >= 4 is 5.91 Å². The minimum absolute atomic E-state index is 0.0508. The maximum Gasteiger partial charge on any atom is 0.254 e. The smallest absolute Gasteiger partial charge is 0.254 e. The van der Waals surface area contributed by atoms with E-state index in [0.29, 0.717) is 17.3 Å². The van der Waals surface area contributed by atoms with Gasteiger partial charge in [0.1, 0.15) is 5.82 Å². The van der Waals surface area contributed by atoms with Crippen molar-refractivity contribution in [3.63, 3.8) is 0 Å². The van der Waals surface area contributed by atoms with Gasteiger partial charge in [-0.25, -0.2) is 9.97 Å². The van der Waals surface area contributed by atoms with E-state index in [-0.39, 0.29) is 11.9 Å². The molecule has 0 aliphatic carbocycles. The number of aromatic nitrogens is 2. The van der Waals surface area contributed by atoms with Crippen molar-refractivity contribution in [2.75, 3.05) is 32.8 Å². The second-order valence-corrected chi connectivity index (χ2v) is 6.69. The van der Waals surface area contributed by atoms with E-state index in [9.17, 15) is 4.79 Å². The molecule has 126 valence electrons. The molecule has 0 unspecified atom stereocenters. The first-order chi connectivity index (χ1) is 11.1. The highest BCUT2D eigenvalue weighted by molar-refractivity contribution is 5.95. The standard InChI is InChI=1S/C17H26N4O2/c1-12-16(9-18-13(2)19-12)17(22)20-15-3-6-21(7-4-15)10-14-5-8-23-11-14/h9,14-15H,3-8,10-11H2,1-2H3,(H,20,22)/t14-/m0/s1. The first kappa shape index (κ1) is 16.3. The molecule has 2 saturated heterocycles. The molecule has 3 heterocycles. The number of ether oxygens (including phenoxy) is 1. The van der Waals surface area contributed by atoms with Gasteiger partial charge in [0.15, 0.2) is 0 Å². The Morgan fingerprint density at radius 3 is 2.78 bits per heavy atom. The summed E-state index contributed by atoms with van der Waals surface area (Å²) in [4.78, 5) is 23.3. The molecule has 1 amide bonds. The van der Waals surface area contributed by atoms with E-state index in [1.54, 1.807) is 6.20 Å². The minimum Gasteiger partial charge on any atom is -0.381 e. The fourth-order valence-corrected chi connectivity index (χ4v) is 3.42. The number of nitrogens with zero attached hydrogens (tertiary/aromatic N) is 3. The maximum atomic E-state index is 12.4. The van der Waals surface area contributed by atoms with Gasteiger partial charge >= 0.3 is 0 Å². The molecular weight excluding hydrogens is 292 g/mol. The van der Waals surface area contributed by atoms with Gasteiger partial charge in [0.2, 0.25) is 0 Å². The number of hydrogen-bond donors (Lipinski definition) is 1. The Bertz CT molecular complexity index is 550. The lowest BCUT2D eigenvalue weighted by Crippen LogP contribution is -2.46. The Balaban J connectivity index is 1.47. The van der Waals surface area contributed by atoms with Gasteiger partial charge < -0.3 is 15.0 Å². The number of rotatable bonds is 4. The number of carbonyl (C=O) groups excluding carboxylic acids is 1. The van der Waals surface area contributed by atoms with E-state index in [1.807, 2.05) is 13.8 Å². The third-order valence-electron chi connectivity index (χ3n) is 4.81. The Morgan fingerprint density at radius 2 is 2.13 bits per heavy atom. The van der Waals surface area contributed by atoms with E-state index in [1.165, 1.54) is 6.42 Å². The molecule has 0 bridgehead atoms. The maximum absolute atomic E-state index is 12.4. The molecule has 2 aliphatic rings. The van der Waals surface area contributed by atoms with Crippen molar-refractivity contribution < 1.29 is 9.53 Å². The van der Waals surface area contributed by atoms with Crippen LogP contribution in [0, 0.1) is 19.8 Å². The van der Waals surface area contributed by atoms with E-state index in [2.05, 4.69) is 20.2 Å². The van der Waals surface area contributed by atoms with Crippen LogP contribution in [0.2, 0.25) is 0 Å². The van der Waals surface area contributed by atoms with Crippen molar-refractivity contribution in [2.45, 2.75) is 39.2 Å². The quantitative estimate of drug-likeness (QED) is 0.907. The molecule has 3 rings (SSSR count). The van der Waals surface area contributed by atoms with Gasteiger partial charge in [0, 0.05) is 38.5 Å². The highest BCUT2D eigenvalue weighted by Crippen LogP contribution is 2.18. The monoisotopic (exact) mass is 318 g/mol. The van der Waals surface area contributed by atoms with Crippen LogP contribution in [-0.4, -0.2) is 59.7 Å². The van der Waals surface area contributed by atoms with Crippen LogP contribution < -0.4 is 5.32 Å². The second-order valence-electron chi connectivity index (χ2n) is 6.69. The molecule has 23 heavy (non-hydrogen) atoms. The van der Waals surface area contributed by atoms with Gasteiger partial charge in [0.25, 0.3) is 5.91 Å². The summed E-state index contributed by atoms with van der Waals surface area (Å²) >= 11 is 0. The average Bonchev–Trinajstić information content (AvgIpc) is 3.02.